The summed E-state index contributed by atoms with van der Waals surface area (Å²) in [6.45, 7) is 2.77. The molecule has 0 bridgehead atoms. The van der Waals surface area contributed by atoms with Crippen molar-refractivity contribution in [1.82, 2.24) is 10.3 Å². The van der Waals surface area contributed by atoms with Crippen molar-refractivity contribution >= 4 is 22.8 Å². The molecule has 5 heteroatoms. The molecule has 2 N–H and O–H groups in total. The molecule has 1 aromatic heterocycles. The summed E-state index contributed by atoms with van der Waals surface area (Å²) in [4.78, 5) is 18.6. The van der Waals surface area contributed by atoms with Crippen LogP contribution in [0, 0.1) is 0 Å². The number of nitrogens with one attached hydrogen (secondary N) is 1. The molecule has 2 heterocycles. The van der Waals surface area contributed by atoms with Crippen molar-refractivity contribution in [1.29, 1.82) is 0 Å². The zero-order chi connectivity index (χ0) is 20.9. The Morgan fingerprint density at radius 2 is 1.77 bits per heavy atom. The van der Waals surface area contributed by atoms with Gasteiger partial charge in [0.05, 0.1) is 11.3 Å². The molecule has 0 amide bonds. The summed E-state index contributed by atoms with van der Waals surface area (Å²) in [5.74, 6) is -0.943. The average Bonchev–Trinajstić information content (AvgIpc) is 2.80. The van der Waals surface area contributed by atoms with Crippen molar-refractivity contribution in [3.63, 3.8) is 0 Å². The maximum Gasteiger partial charge on any atom is 0.336 e. The first kappa shape index (κ1) is 19.6. The van der Waals surface area contributed by atoms with E-state index in [1.165, 1.54) is 0 Å². The molecule has 0 aliphatic carbocycles. The first-order chi connectivity index (χ1) is 14.7. The highest BCUT2D eigenvalue weighted by atomic mass is 16.4. The quantitative estimate of drug-likeness (QED) is 0.633. The molecular formula is C25H23N3O2. The van der Waals surface area contributed by atoms with Gasteiger partial charge in [-0.25, -0.2) is 4.79 Å². The zero-order valence-electron chi connectivity index (χ0n) is 16.7. The highest BCUT2D eigenvalue weighted by Crippen LogP contribution is 2.35. The Bertz CT molecular complexity index is 1090. The van der Waals surface area contributed by atoms with Gasteiger partial charge in [-0.1, -0.05) is 49.4 Å². The first-order valence-corrected chi connectivity index (χ1v) is 9.93. The average molecular weight is 397 g/mol. The maximum absolute atomic E-state index is 11.9. The second kappa shape index (κ2) is 8.76. The monoisotopic (exact) mass is 397 g/mol. The minimum Gasteiger partial charge on any atom is -0.478 e. The van der Waals surface area contributed by atoms with Gasteiger partial charge in [-0.15, -0.1) is 0 Å². The van der Waals surface area contributed by atoms with Gasteiger partial charge in [0.25, 0.3) is 0 Å². The maximum atomic E-state index is 11.9. The van der Waals surface area contributed by atoms with Gasteiger partial charge in [-0.05, 0) is 54.1 Å². The number of pyridine rings is 1. The van der Waals surface area contributed by atoms with E-state index >= 15 is 0 Å². The standard InChI is InChI=1S/C25H23N3O2/c1-2-26-24-22(20-12-6-7-13-21(20)25(29)30)16-18(23-14-8-9-15-27-23)17-28(24)19-10-4-3-5-11-19/h3-17,24,26H,2H2,1H3,(H,29,30). The molecule has 0 fully saturated rings. The summed E-state index contributed by atoms with van der Waals surface area (Å²) in [6.07, 6.45) is 5.65. The van der Waals surface area contributed by atoms with Crippen LogP contribution >= 0.6 is 0 Å². The van der Waals surface area contributed by atoms with Crippen molar-refractivity contribution in [3.05, 3.63) is 108 Å². The summed E-state index contributed by atoms with van der Waals surface area (Å²) in [5.41, 5.74) is 4.62. The van der Waals surface area contributed by atoms with Crippen LogP contribution in [-0.2, 0) is 0 Å². The normalized spacial score (nSPS) is 16.0. The van der Waals surface area contributed by atoms with E-state index in [0.29, 0.717) is 5.56 Å². The third-order valence-corrected chi connectivity index (χ3v) is 5.04. The highest BCUT2D eigenvalue weighted by molar-refractivity contribution is 5.98. The largest absolute Gasteiger partial charge is 0.478 e. The van der Waals surface area contributed by atoms with Crippen LogP contribution in [0.1, 0.15) is 28.5 Å². The second-order valence-corrected chi connectivity index (χ2v) is 6.95. The number of carboxylic acid groups (broad SMARTS) is 1. The molecule has 0 spiro atoms. The fourth-order valence-corrected chi connectivity index (χ4v) is 3.70. The third kappa shape index (κ3) is 3.88. The van der Waals surface area contributed by atoms with Crippen LogP contribution in [0.5, 0.6) is 0 Å². The third-order valence-electron chi connectivity index (χ3n) is 5.04. The van der Waals surface area contributed by atoms with Gasteiger partial charge < -0.3 is 10.0 Å². The van der Waals surface area contributed by atoms with Crippen molar-refractivity contribution in [2.45, 2.75) is 13.1 Å². The number of anilines is 1. The number of nitrogens with zero attached hydrogens (tertiary/aromatic N) is 2. The van der Waals surface area contributed by atoms with Gasteiger partial charge in [-0.3, -0.25) is 10.3 Å². The molecule has 0 saturated heterocycles. The molecule has 4 rings (SSSR count). The van der Waals surface area contributed by atoms with Crippen LogP contribution in [-0.4, -0.2) is 28.8 Å². The van der Waals surface area contributed by atoms with Gasteiger partial charge in [0.15, 0.2) is 0 Å². The van der Waals surface area contributed by atoms with Crippen LogP contribution in [0.2, 0.25) is 0 Å². The number of carboxylic acids is 1. The minimum atomic E-state index is -0.943. The number of hydrogen-bond donors (Lipinski definition) is 2. The number of aromatic nitrogens is 1. The smallest absolute Gasteiger partial charge is 0.336 e. The van der Waals surface area contributed by atoms with Crippen LogP contribution in [0.4, 0.5) is 5.69 Å². The lowest BCUT2D eigenvalue weighted by Crippen LogP contribution is -2.45. The van der Waals surface area contributed by atoms with Gasteiger partial charge in [0, 0.05) is 23.7 Å². The Hall–Kier alpha value is -3.70. The lowest BCUT2D eigenvalue weighted by atomic mass is 9.91. The summed E-state index contributed by atoms with van der Waals surface area (Å²) in [5, 5.41) is 13.3. The number of benzene rings is 2. The van der Waals surface area contributed by atoms with E-state index in [1.807, 2.05) is 73.7 Å². The molecule has 3 aromatic rings. The van der Waals surface area contributed by atoms with Crippen molar-refractivity contribution in [2.75, 3.05) is 11.4 Å². The number of allylic oxidation sites excluding steroid dienone is 2. The topological polar surface area (TPSA) is 65.5 Å². The number of likely N-dealkylation sites (N-methyl/N-ethyl adjacent to an activating group) is 1. The number of para-hydroxylation sites is 1. The van der Waals surface area contributed by atoms with E-state index in [4.69, 9.17) is 0 Å². The fourth-order valence-electron chi connectivity index (χ4n) is 3.70. The number of carbonyl (C=O) groups is 1. The molecule has 1 unspecified atom stereocenters. The van der Waals surface area contributed by atoms with Gasteiger partial charge in [0.2, 0.25) is 0 Å². The van der Waals surface area contributed by atoms with E-state index in [9.17, 15) is 9.90 Å². The molecule has 30 heavy (non-hydrogen) atoms. The summed E-state index contributed by atoms with van der Waals surface area (Å²) >= 11 is 0. The molecular weight excluding hydrogens is 374 g/mol. The van der Waals surface area contributed by atoms with Crippen LogP contribution in [0.3, 0.4) is 0 Å². The molecule has 5 nitrogen and oxygen atoms in total. The van der Waals surface area contributed by atoms with Crippen LogP contribution in [0.25, 0.3) is 11.1 Å². The van der Waals surface area contributed by atoms with E-state index in [0.717, 1.165) is 29.1 Å². The summed E-state index contributed by atoms with van der Waals surface area (Å²) < 4.78 is 0. The molecule has 1 atom stereocenters. The van der Waals surface area contributed by atoms with Crippen LogP contribution < -0.4 is 10.2 Å². The molecule has 0 saturated carbocycles. The van der Waals surface area contributed by atoms with Gasteiger partial charge in [0.1, 0.15) is 6.17 Å². The van der Waals surface area contributed by atoms with E-state index in [2.05, 4.69) is 21.4 Å². The Morgan fingerprint density at radius 1 is 1.03 bits per heavy atom. The van der Waals surface area contributed by atoms with E-state index < -0.39 is 5.97 Å². The Morgan fingerprint density at radius 3 is 2.47 bits per heavy atom. The number of hydrogen-bond acceptors (Lipinski definition) is 4. The lowest BCUT2D eigenvalue weighted by Gasteiger charge is -2.37. The fraction of sp³-hybridized carbons (Fsp3) is 0.120. The first-order valence-electron chi connectivity index (χ1n) is 9.93. The predicted octanol–water partition coefficient (Wildman–Crippen LogP) is 4.66. The molecule has 1 aliphatic heterocycles. The zero-order valence-corrected chi connectivity index (χ0v) is 16.7. The molecule has 0 radical (unpaired) electrons. The summed E-state index contributed by atoms with van der Waals surface area (Å²) in [6, 6.07) is 23.0. The molecule has 2 aromatic carbocycles. The molecule has 150 valence electrons. The lowest BCUT2D eigenvalue weighted by molar-refractivity contribution is 0.0696. The summed E-state index contributed by atoms with van der Waals surface area (Å²) in [7, 11) is 0. The van der Waals surface area contributed by atoms with Crippen molar-refractivity contribution in [3.8, 4) is 0 Å². The Labute approximate surface area is 176 Å². The van der Waals surface area contributed by atoms with Gasteiger partial charge >= 0.3 is 5.97 Å². The van der Waals surface area contributed by atoms with Crippen molar-refractivity contribution in [2.24, 2.45) is 0 Å². The van der Waals surface area contributed by atoms with Crippen LogP contribution in [0.15, 0.2) is 91.3 Å². The number of rotatable bonds is 6. The van der Waals surface area contributed by atoms with Crippen molar-refractivity contribution < 1.29 is 9.90 Å². The number of aromatic carboxylic acids is 1. The van der Waals surface area contributed by atoms with E-state index in [-0.39, 0.29) is 11.7 Å². The second-order valence-electron chi connectivity index (χ2n) is 6.95. The minimum absolute atomic E-state index is 0.217. The Kier molecular flexibility index (Phi) is 5.72. The molecule has 1 aliphatic rings. The predicted molar refractivity (Wildman–Crippen MR) is 120 cm³/mol. The highest BCUT2D eigenvalue weighted by Gasteiger charge is 2.29. The van der Waals surface area contributed by atoms with Gasteiger partial charge in [-0.2, -0.15) is 0 Å². The van der Waals surface area contributed by atoms with E-state index in [1.54, 1.807) is 18.3 Å². The Balaban J connectivity index is 1.93. The SMILES string of the molecule is CCNC1C(c2ccccc2C(=O)O)=CC(c2ccccn2)=CN1c1ccccc1.